The number of hydrogen-bond donors (Lipinski definition) is 0. The predicted octanol–water partition coefficient (Wildman–Crippen LogP) is 2.92. The van der Waals surface area contributed by atoms with Gasteiger partial charge >= 0.3 is 6.01 Å². The SMILES string of the molecule is CC.CC(C)c1noc(N2CC3C(C)C3C2)n1. The van der Waals surface area contributed by atoms with Crippen LogP contribution in [0.25, 0.3) is 0 Å². The third-order valence-electron chi connectivity index (χ3n) is 3.84. The molecule has 17 heavy (non-hydrogen) atoms. The van der Waals surface area contributed by atoms with Crippen LogP contribution in [-0.4, -0.2) is 23.2 Å². The van der Waals surface area contributed by atoms with Crippen LogP contribution in [0.3, 0.4) is 0 Å². The van der Waals surface area contributed by atoms with Gasteiger partial charge in [-0.3, -0.25) is 0 Å². The zero-order valence-corrected chi connectivity index (χ0v) is 11.5. The molecule has 0 spiro atoms. The summed E-state index contributed by atoms with van der Waals surface area (Å²) in [4.78, 5) is 6.65. The molecule has 1 aromatic rings. The Labute approximate surface area is 103 Å². The van der Waals surface area contributed by atoms with Gasteiger partial charge in [-0.1, -0.05) is 39.8 Å². The Hall–Kier alpha value is -1.06. The largest absolute Gasteiger partial charge is 0.324 e. The number of anilines is 1. The predicted molar refractivity (Wildman–Crippen MR) is 68.1 cm³/mol. The van der Waals surface area contributed by atoms with Crippen molar-refractivity contribution in [2.45, 2.75) is 40.5 Å². The van der Waals surface area contributed by atoms with Gasteiger partial charge in [-0.25, -0.2) is 0 Å². The van der Waals surface area contributed by atoms with E-state index in [-0.39, 0.29) is 0 Å². The smallest absolute Gasteiger partial charge is 0.324 e. The molecular weight excluding hydrogens is 214 g/mol. The molecule has 2 fully saturated rings. The average Bonchev–Trinajstić information content (AvgIpc) is 2.85. The molecule has 0 bridgehead atoms. The Morgan fingerprint density at radius 1 is 1.24 bits per heavy atom. The molecule has 2 heterocycles. The van der Waals surface area contributed by atoms with E-state index in [4.69, 9.17) is 4.52 Å². The standard InChI is InChI=1S/C11H17N3O.C2H6/c1-6(2)10-12-11(15-13-10)14-4-8-7(3)9(8)5-14;1-2/h6-9H,4-5H2,1-3H3;1-2H3. The Morgan fingerprint density at radius 3 is 2.29 bits per heavy atom. The number of nitrogens with zero attached hydrogens (tertiary/aromatic N) is 3. The molecule has 2 atom stereocenters. The van der Waals surface area contributed by atoms with Crippen LogP contribution in [0.15, 0.2) is 4.52 Å². The third kappa shape index (κ3) is 2.17. The van der Waals surface area contributed by atoms with Crippen molar-refractivity contribution in [1.29, 1.82) is 0 Å². The van der Waals surface area contributed by atoms with Gasteiger partial charge in [0.2, 0.25) is 0 Å². The Morgan fingerprint density at radius 2 is 1.82 bits per heavy atom. The minimum atomic E-state index is 0.346. The van der Waals surface area contributed by atoms with Crippen LogP contribution in [0.4, 0.5) is 6.01 Å². The monoisotopic (exact) mass is 237 g/mol. The van der Waals surface area contributed by atoms with Crippen molar-refractivity contribution in [3.05, 3.63) is 5.82 Å². The van der Waals surface area contributed by atoms with Gasteiger partial charge in [-0.05, 0) is 17.8 Å². The van der Waals surface area contributed by atoms with Gasteiger partial charge in [0, 0.05) is 19.0 Å². The van der Waals surface area contributed by atoms with Crippen molar-refractivity contribution in [2.75, 3.05) is 18.0 Å². The molecule has 2 aliphatic rings. The second kappa shape index (κ2) is 4.67. The minimum absolute atomic E-state index is 0.346. The highest BCUT2D eigenvalue weighted by Crippen LogP contribution is 2.51. The fourth-order valence-electron chi connectivity index (χ4n) is 2.57. The van der Waals surface area contributed by atoms with E-state index in [9.17, 15) is 0 Å². The van der Waals surface area contributed by atoms with Crippen LogP contribution in [-0.2, 0) is 0 Å². The van der Waals surface area contributed by atoms with E-state index in [1.54, 1.807) is 0 Å². The number of fused-ring (bicyclic) bond motifs is 1. The van der Waals surface area contributed by atoms with Gasteiger partial charge in [-0.15, -0.1) is 0 Å². The van der Waals surface area contributed by atoms with Crippen LogP contribution < -0.4 is 4.90 Å². The minimum Gasteiger partial charge on any atom is -0.324 e. The van der Waals surface area contributed by atoms with E-state index < -0.39 is 0 Å². The maximum atomic E-state index is 5.28. The summed E-state index contributed by atoms with van der Waals surface area (Å²) >= 11 is 0. The topological polar surface area (TPSA) is 42.2 Å². The molecule has 4 nitrogen and oxygen atoms in total. The average molecular weight is 237 g/mol. The lowest BCUT2D eigenvalue weighted by atomic mass is 10.2. The highest BCUT2D eigenvalue weighted by atomic mass is 16.5. The summed E-state index contributed by atoms with van der Waals surface area (Å²) in [7, 11) is 0. The normalized spacial score (nSPS) is 30.0. The first-order valence-electron chi connectivity index (χ1n) is 6.75. The molecule has 0 radical (unpaired) electrons. The molecule has 0 N–H and O–H groups in total. The summed E-state index contributed by atoms with van der Waals surface area (Å²) in [5.41, 5.74) is 0. The van der Waals surface area contributed by atoms with Crippen LogP contribution in [0.1, 0.15) is 46.4 Å². The van der Waals surface area contributed by atoms with Gasteiger partial charge < -0.3 is 9.42 Å². The van der Waals surface area contributed by atoms with Gasteiger partial charge in [0.05, 0.1) is 0 Å². The van der Waals surface area contributed by atoms with E-state index in [2.05, 4.69) is 35.8 Å². The van der Waals surface area contributed by atoms with Crippen LogP contribution in [0.5, 0.6) is 0 Å². The van der Waals surface area contributed by atoms with E-state index >= 15 is 0 Å². The summed E-state index contributed by atoms with van der Waals surface area (Å²) in [5, 5.41) is 3.99. The molecule has 3 rings (SSSR count). The highest BCUT2D eigenvalue weighted by Gasteiger charge is 2.53. The fraction of sp³-hybridized carbons (Fsp3) is 0.846. The van der Waals surface area contributed by atoms with Crippen molar-refractivity contribution in [3.63, 3.8) is 0 Å². The van der Waals surface area contributed by atoms with Crippen LogP contribution in [0, 0.1) is 17.8 Å². The van der Waals surface area contributed by atoms with Crippen molar-refractivity contribution < 1.29 is 4.52 Å². The molecule has 1 aliphatic carbocycles. The highest BCUT2D eigenvalue weighted by molar-refractivity contribution is 5.32. The van der Waals surface area contributed by atoms with E-state index in [0.29, 0.717) is 5.92 Å². The fourth-order valence-corrected chi connectivity index (χ4v) is 2.57. The van der Waals surface area contributed by atoms with Crippen molar-refractivity contribution in [2.24, 2.45) is 17.8 Å². The lowest BCUT2D eigenvalue weighted by Gasteiger charge is -2.14. The number of rotatable bonds is 2. The molecule has 1 saturated carbocycles. The number of piperidine rings is 1. The zero-order valence-electron chi connectivity index (χ0n) is 11.5. The molecule has 1 saturated heterocycles. The lowest BCUT2D eigenvalue weighted by Crippen LogP contribution is -2.23. The third-order valence-corrected chi connectivity index (χ3v) is 3.84. The first kappa shape index (κ1) is 12.4. The Balaban J connectivity index is 0.000000514. The number of aromatic nitrogens is 2. The molecule has 4 heteroatoms. The van der Waals surface area contributed by atoms with Crippen molar-refractivity contribution >= 4 is 6.01 Å². The second-order valence-electron chi connectivity index (χ2n) is 5.18. The van der Waals surface area contributed by atoms with Crippen LogP contribution >= 0.6 is 0 Å². The van der Waals surface area contributed by atoms with Crippen molar-refractivity contribution in [1.82, 2.24) is 10.1 Å². The van der Waals surface area contributed by atoms with Gasteiger partial charge in [0.15, 0.2) is 5.82 Å². The summed E-state index contributed by atoms with van der Waals surface area (Å²) < 4.78 is 5.28. The van der Waals surface area contributed by atoms with Crippen molar-refractivity contribution in [3.8, 4) is 0 Å². The van der Waals surface area contributed by atoms with Crippen LogP contribution in [0.2, 0.25) is 0 Å². The second-order valence-corrected chi connectivity index (χ2v) is 5.18. The summed E-state index contributed by atoms with van der Waals surface area (Å²) in [6.45, 7) is 12.7. The van der Waals surface area contributed by atoms with E-state index in [0.717, 1.165) is 42.7 Å². The zero-order chi connectivity index (χ0) is 12.6. The summed E-state index contributed by atoms with van der Waals surface area (Å²) in [6.07, 6.45) is 0. The quantitative estimate of drug-likeness (QED) is 0.793. The molecular formula is C13H23N3O. The first-order valence-corrected chi connectivity index (χ1v) is 6.75. The van der Waals surface area contributed by atoms with E-state index in [1.165, 1.54) is 0 Å². The molecule has 2 unspecified atom stereocenters. The maximum absolute atomic E-state index is 5.28. The molecule has 1 aromatic heterocycles. The first-order chi connectivity index (χ1) is 8.16. The maximum Gasteiger partial charge on any atom is 0.324 e. The molecule has 0 aromatic carbocycles. The van der Waals surface area contributed by atoms with E-state index in [1.807, 2.05) is 13.8 Å². The number of hydrogen-bond acceptors (Lipinski definition) is 4. The Kier molecular flexibility index (Phi) is 3.40. The summed E-state index contributed by atoms with van der Waals surface area (Å²) in [6, 6.07) is 0.720. The van der Waals surface area contributed by atoms with Gasteiger partial charge in [-0.2, -0.15) is 4.98 Å². The summed E-state index contributed by atoms with van der Waals surface area (Å²) in [5.74, 6) is 3.82. The molecule has 96 valence electrons. The van der Waals surface area contributed by atoms with Gasteiger partial charge in [0.1, 0.15) is 0 Å². The molecule has 1 aliphatic heterocycles. The van der Waals surface area contributed by atoms with Gasteiger partial charge in [0.25, 0.3) is 0 Å². The molecule has 0 amide bonds. The Bertz CT molecular complexity index is 362. The lowest BCUT2D eigenvalue weighted by molar-refractivity contribution is 0.403.